The van der Waals surface area contributed by atoms with Crippen molar-refractivity contribution in [3.8, 4) is 0 Å². The molecule has 0 amide bonds. The minimum Gasteiger partial charge on any atom is -0.316 e. The Kier molecular flexibility index (Phi) is 2.23. The van der Waals surface area contributed by atoms with Gasteiger partial charge in [0.05, 0.1) is 11.0 Å². The summed E-state index contributed by atoms with van der Waals surface area (Å²) in [5, 5.41) is 3.39. The van der Waals surface area contributed by atoms with Crippen LogP contribution in [0.15, 0.2) is 0 Å². The van der Waals surface area contributed by atoms with Gasteiger partial charge < -0.3 is 5.32 Å². The molecule has 70 valence electrons. The molecule has 1 spiro atoms. The molecule has 2 aliphatic heterocycles. The minimum absolute atomic E-state index is 0.464. The predicted molar refractivity (Wildman–Crippen MR) is 50.2 cm³/mol. The minimum atomic E-state index is -0.757. The van der Waals surface area contributed by atoms with Crippen LogP contribution in [0.3, 0.4) is 0 Å². The zero-order chi connectivity index (χ0) is 8.60. The smallest absolute Gasteiger partial charge is 0.0910 e. The summed E-state index contributed by atoms with van der Waals surface area (Å²) in [5.74, 6) is 0. The van der Waals surface area contributed by atoms with Crippen molar-refractivity contribution in [2.75, 3.05) is 32.4 Å². The van der Waals surface area contributed by atoms with Crippen LogP contribution in [-0.4, -0.2) is 40.9 Å². The molecule has 2 saturated heterocycles. The first-order chi connectivity index (χ1) is 5.72. The van der Waals surface area contributed by atoms with Crippen LogP contribution in [0.1, 0.15) is 12.8 Å². The summed E-state index contributed by atoms with van der Waals surface area (Å²) in [6.07, 6.45) is 4.27. The van der Waals surface area contributed by atoms with Crippen molar-refractivity contribution < 1.29 is 4.21 Å². The first kappa shape index (κ1) is 8.66. The molecule has 0 aromatic carbocycles. The van der Waals surface area contributed by atoms with Gasteiger partial charge in [-0.05, 0) is 24.8 Å². The Labute approximate surface area is 76.1 Å². The highest BCUT2D eigenvalue weighted by molar-refractivity contribution is 7.81. The van der Waals surface area contributed by atoms with Crippen LogP contribution >= 0.6 is 0 Å². The molecule has 2 aliphatic rings. The second-order valence-electron chi connectivity index (χ2n) is 3.96. The van der Waals surface area contributed by atoms with Gasteiger partial charge in [0.2, 0.25) is 0 Å². The van der Waals surface area contributed by atoms with Crippen molar-refractivity contribution in [1.29, 1.82) is 0 Å². The molecule has 0 saturated carbocycles. The summed E-state index contributed by atoms with van der Waals surface area (Å²) < 4.78 is 13.3. The Morgan fingerprint density at radius 1 is 1.50 bits per heavy atom. The van der Waals surface area contributed by atoms with E-state index >= 15 is 0 Å². The van der Waals surface area contributed by atoms with Gasteiger partial charge in [-0.2, -0.15) is 0 Å². The predicted octanol–water partition coefficient (Wildman–Crippen LogP) is -0.0347. The maximum absolute atomic E-state index is 11.2. The molecule has 2 heterocycles. The fraction of sp³-hybridized carbons (Fsp3) is 1.00. The van der Waals surface area contributed by atoms with E-state index in [-0.39, 0.29) is 0 Å². The van der Waals surface area contributed by atoms with Crippen LogP contribution in [0.4, 0.5) is 0 Å². The van der Waals surface area contributed by atoms with E-state index in [0.717, 1.165) is 26.2 Å². The van der Waals surface area contributed by atoms with E-state index in [9.17, 15) is 4.21 Å². The number of hydrogen-bond donors (Lipinski definition) is 1. The lowest BCUT2D eigenvalue weighted by Gasteiger charge is -2.21. The molecule has 2 rings (SSSR count). The van der Waals surface area contributed by atoms with Crippen molar-refractivity contribution in [2.45, 2.75) is 12.8 Å². The van der Waals surface area contributed by atoms with E-state index in [2.05, 4.69) is 9.62 Å². The Hall–Kier alpha value is 0.0700. The van der Waals surface area contributed by atoms with E-state index in [1.807, 2.05) is 0 Å². The normalized spacial score (nSPS) is 39.4. The zero-order valence-corrected chi connectivity index (χ0v) is 8.32. The maximum atomic E-state index is 11.2. The summed E-state index contributed by atoms with van der Waals surface area (Å²) in [6, 6.07) is 0. The van der Waals surface area contributed by atoms with Crippen LogP contribution in [-0.2, 0) is 11.0 Å². The van der Waals surface area contributed by atoms with E-state index in [1.165, 1.54) is 12.8 Å². The summed E-state index contributed by atoms with van der Waals surface area (Å²) >= 11 is 0. The van der Waals surface area contributed by atoms with Gasteiger partial charge in [0.15, 0.2) is 0 Å². The monoisotopic (exact) mass is 188 g/mol. The van der Waals surface area contributed by atoms with Gasteiger partial charge in [-0.1, -0.05) is 0 Å². The molecule has 0 aliphatic carbocycles. The van der Waals surface area contributed by atoms with E-state index < -0.39 is 11.0 Å². The molecule has 4 heteroatoms. The third-order valence-corrected chi connectivity index (χ3v) is 4.14. The number of rotatable bonds is 1. The van der Waals surface area contributed by atoms with Crippen molar-refractivity contribution in [3.05, 3.63) is 0 Å². The molecule has 0 bridgehead atoms. The van der Waals surface area contributed by atoms with Crippen molar-refractivity contribution in [2.24, 2.45) is 5.41 Å². The SMILES string of the molecule is CS(=O)N1CCC2(CCNC2)C1. The van der Waals surface area contributed by atoms with Crippen molar-refractivity contribution >= 4 is 11.0 Å². The van der Waals surface area contributed by atoms with Gasteiger partial charge in [-0.25, -0.2) is 8.51 Å². The van der Waals surface area contributed by atoms with Gasteiger partial charge in [-0.15, -0.1) is 0 Å². The summed E-state index contributed by atoms with van der Waals surface area (Å²) in [4.78, 5) is 0. The molecule has 2 atom stereocenters. The average molecular weight is 188 g/mol. The van der Waals surface area contributed by atoms with Crippen LogP contribution in [0.25, 0.3) is 0 Å². The highest BCUT2D eigenvalue weighted by Gasteiger charge is 2.41. The van der Waals surface area contributed by atoms with Gasteiger partial charge >= 0.3 is 0 Å². The van der Waals surface area contributed by atoms with Crippen LogP contribution in [0.5, 0.6) is 0 Å². The van der Waals surface area contributed by atoms with Gasteiger partial charge in [-0.3, -0.25) is 0 Å². The molecule has 0 aromatic rings. The highest BCUT2D eigenvalue weighted by Crippen LogP contribution is 2.36. The second kappa shape index (κ2) is 3.09. The van der Waals surface area contributed by atoms with Gasteiger partial charge in [0.1, 0.15) is 0 Å². The molecule has 1 N–H and O–H groups in total. The molecule has 2 fully saturated rings. The Balaban J connectivity index is 2.01. The number of nitrogens with zero attached hydrogens (tertiary/aromatic N) is 1. The lowest BCUT2D eigenvalue weighted by Crippen LogP contribution is -2.29. The molecule has 0 radical (unpaired) electrons. The fourth-order valence-corrected chi connectivity index (χ4v) is 3.06. The standard InChI is InChI=1S/C8H16N2OS/c1-12(11)10-5-3-8(7-10)2-4-9-6-8/h9H,2-7H2,1H3. The third kappa shape index (κ3) is 1.43. The first-order valence-corrected chi connectivity index (χ1v) is 6.03. The zero-order valence-electron chi connectivity index (χ0n) is 7.51. The summed E-state index contributed by atoms with van der Waals surface area (Å²) in [6.45, 7) is 4.32. The number of nitrogens with one attached hydrogen (secondary N) is 1. The first-order valence-electron chi connectivity index (χ1n) is 4.51. The molecule has 3 nitrogen and oxygen atoms in total. The van der Waals surface area contributed by atoms with Crippen molar-refractivity contribution in [1.82, 2.24) is 9.62 Å². The summed E-state index contributed by atoms with van der Waals surface area (Å²) in [7, 11) is -0.757. The van der Waals surface area contributed by atoms with E-state index in [0.29, 0.717) is 5.41 Å². The Morgan fingerprint density at radius 2 is 2.33 bits per heavy atom. The topological polar surface area (TPSA) is 32.3 Å². The average Bonchev–Trinajstić information content (AvgIpc) is 2.62. The lowest BCUT2D eigenvalue weighted by molar-refractivity contribution is 0.343. The molecule has 12 heavy (non-hydrogen) atoms. The molecule has 0 aromatic heterocycles. The quantitative estimate of drug-likeness (QED) is 0.626. The van der Waals surface area contributed by atoms with E-state index in [1.54, 1.807) is 6.26 Å². The number of hydrogen-bond acceptors (Lipinski definition) is 2. The largest absolute Gasteiger partial charge is 0.316 e. The lowest BCUT2D eigenvalue weighted by atomic mass is 9.87. The molecule has 2 unspecified atom stereocenters. The summed E-state index contributed by atoms with van der Waals surface area (Å²) in [5.41, 5.74) is 0.464. The van der Waals surface area contributed by atoms with E-state index in [4.69, 9.17) is 0 Å². The molecular weight excluding hydrogens is 172 g/mol. The fourth-order valence-electron chi connectivity index (χ4n) is 2.26. The Morgan fingerprint density at radius 3 is 2.83 bits per heavy atom. The maximum Gasteiger partial charge on any atom is 0.0910 e. The molecular formula is C8H16N2OS. The van der Waals surface area contributed by atoms with Gasteiger partial charge in [0, 0.05) is 25.9 Å². The Bertz CT molecular complexity index is 201. The second-order valence-corrected chi connectivity index (χ2v) is 5.33. The van der Waals surface area contributed by atoms with Gasteiger partial charge in [0.25, 0.3) is 0 Å². The van der Waals surface area contributed by atoms with Crippen LogP contribution in [0, 0.1) is 5.41 Å². The van der Waals surface area contributed by atoms with Crippen molar-refractivity contribution in [3.63, 3.8) is 0 Å². The van der Waals surface area contributed by atoms with Crippen LogP contribution in [0.2, 0.25) is 0 Å². The highest BCUT2D eigenvalue weighted by atomic mass is 32.2. The van der Waals surface area contributed by atoms with Crippen LogP contribution < -0.4 is 5.32 Å². The third-order valence-electron chi connectivity index (χ3n) is 3.10.